The highest BCUT2D eigenvalue weighted by Crippen LogP contribution is 2.23. The van der Waals surface area contributed by atoms with Crippen molar-refractivity contribution in [1.82, 2.24) is 9.36 Å². The second-order valence-corrected chi connectivity index (χ2v) is 7.74. The Kier molecular flexibility index (Phi) is 5.90. The van der Waals surface area contributed by atoms with Gasteiger partial charge in [0, 0.05) is 22.5 Å². The summed E-state index contributed by atoms with van der Waals surface area (Å²) >= 11 is 2.46. The monoisotopic (exact) mass is 349 g/mol. The van der Waals surface area contributed by atoms with Crippen LogP contribution in [0.15, 0.2) is 30.3 Å². The number of hydrogen-bond donors (Lipinski definition) is 1. The third-order valence-corrected chi connectivity index (χ3v) is 4.47. The van der Waals surface area contributed by atoms with Crippen LogP contribution < -0.4 is 5.32 Å². The van der Waals surface area contributed by atoms with E-state index in [1.54, 1.807) is 12.1 Å². The van der Waals surface area contributed by atoms with E-state index in [1.807, 2.05) is 39.0 Å². The van der Waals surface area contributed by atoms with E-state index in [0.29, 0.717) is 16.5 Å². The van der Waals surface area contributed by atoms with Gasteiger partial charge >= 0.3 is 0 Å². The number of carbonyl (C=O) groups excluding carboxylic acids is 2. The van der Waals surface area contributed by atoms with Gasteiger partial charge in [-0.05, 0) is 0 Å². The van der Waals surface area contributed by atoms with E-state index in [9.17, 15) is 9.59 Å². The summed E-state index contributed by atoms with van der Waals surface area (Å²) in [5.74, 6) is 1.05. The number of benzene rings is 1. The Bertz CT molecular complexity index is 678. The zero-order valence-electron chi connectivity index (χ0n) is 13.3. The van der Waals surface area contributed by atoms with E-state index in [2.05, 4.69) is 14.7 Å². The van der Waals surface area contributed by atoms with Crippen LogP contribution in [0.5, 0.6) is 0 Å². The number of carbonyl (C=O) groups is 2. The Morgan fingerprint density at radius 1 is 1.17 bits per heavy atom. The molecular formula is C16H19N3O2S2. The first-order valence-electron chi connectivity index (χ1n) is 7.16. The molecule has 0 atom stereocenters. The van der Waals surface area contributed by atoms with Crippen molar-refractivity contribution < 1.29 is 9.59 Å². The normalized spacial score (nSPS) is 11.3. The van der Waals surface area contributed by atoms with E-state index in [0.717, 1.165) is 0 Å². The molecule has 0 spiro atoms. The molecule has 23 heavy (non-hydrogen) atoms. The number of nitrogens with one attached hydrogen (secondary N) is 1. The predicted molar refractivity (Wildman–Crippen MR) is 95.3 cm³/mol. The average Bonchev–Trinajstić information content (AvgIpc) is 2.96. The Morgan fingerprint density at radius 2 is 1.87 bits per heavy atom. The molecule has 0 radical (unpaired) electrons. The van der Waals surface area contributed by atoms with E-state index in [1.165, 1.54) is 23.3 Å². The standard InChI is InChI=1S/C16H19N3O2S2/c1-16(2,3)14-18-15(23-19-14)17-13(21)10-22-9-12(20)11-7-5-4-6-8-11/h4-8H,9-10H2,1-3H3,(H,17,18,19,21). The lowest BCUT2D eigenvalue weighted by atomic mass is 9.96. The third-order valence-electron chi connectivity index (χ3n) is 2.91. The van der Waals surface area contributed by atoms with Gasteiger partial charge in [-0.25, -0.2) is 4.98 Å². The Balaban J connectivity index is 1.77. The third kappa shape index (κ3) is 5.44. The van der Waals surface area contributed by atoms with Gasteiger partial charge in [-0.15, -0.1) is 11.8 Å². The van der Waals surface area contributed by atoms with Gasteiger partial charge in [0.2, 0.25) is 11.0 Å². The molecule has 0 fully saturated rings. The van der Waals surface area contributed by atoms with Gasteiger partial charge in [0.1, 0.15) is 5.82 Å². The summed E-state index contributed by atoms with van der Waals surface area (Å²) in [6.07, 6.45) is 0. The molecule has 0 aliphatic rings. The van der Waals surface area contributed by atoms with Crippen molar-refractivity contribution >= 4 is 40.1 Å². The topological polar surface area (TPSA) is 72.0 Å². The van der Waals surface area contributed by atoms with Crippen molar-refractivity contribution in [1.29, 1.82) is 0 Å². The summed E-state index contributed by atoms with van der Waals surface area (Å²) in [7, 11) is 0. The lowest BCUT2D eigenvalue weighted by Crippen LogP contribution is -2.17. The molecule has 1 aromatic heterocycles. The Labute approximate surface area is 144 Å². The number of ketones is 1. The van der Waals surface area contributed by atoms with Crippen LogP contribution in [-0.2, 0) is 10.2 Å². The predicted octanol–water partition coefficient (Wildman–Crippen LogP) is 3.39. The van der Waals surface area contributed by atoms with Gasteiger partial charge in [-0.3, -0.25) is 9.59 Å². The van der Waals surface area contributed by atoms with Crippen LogP contribution in [0.2, 0.25) is 0 Å². The van der Waals surface area contributed by atoms with Crippen molar-refractivity contribution in [3.63, 3.8) is 0 Å². The van der Waals surface area contributed by atoms with Crippen molar-refractivity contribution in [2.75, 3.05) is 16.8 Å². The summed E-state index contributed by atoms with van der Waals surface area (Å²) in [6, 6.07) is 9.07. The molecule has 0 aliphatic carbocycles. The molecule has 0 saturated heterocycles. The summed E-state index contributed by atoms with van der Waals surface area (Å²) < 4.78 is 4.24. The minimum atomic E-state index is -0.174. The first-order valence-corrected chi connectivity index (χ1v) is 9.09. The van der Waals surface area contributed by atoms with Crippen molar-refractivity contribution in [2.24, 2.45) is 0 Å². The van der Waals surface area contributed by atoms with Crippen LogP contribution in [0.1, 0.15) is 37.0 Å². The highest BCUT2D eigenvalue weighted by Gasteiger charge is 2.20. The van der Waals surface area contributed by atoms with Gasteiger partial charge in [-0.2, -0.15) is 4.37 Å². The lowest BCUT2D eigenvalue weighted by molar-refractivity contribution is -0.113. The molecule has 1 heterocycles. The van der Waals surface area contributed by atoms with Crippen molar-refractivity contribution in [3.05, 3.63) is 41.7 Å². The number of anilines is 1. The zero-order valence-corrected chi connectivity index (χ0v) is 15.0. The quantitative estimate of drug-likeness (QED) is 0.809. The largest absolute Gasteiger partial charge is 0.300 e. The molecule has 0 aliphatic heterocycles. The molecule has 5 nitrogen and oxygen atoms in total. The minimum absolute atomic E-state index is 0.0225. The lowest BCUT2D eigenvalue weighted by Gasteiger charge is -2.12. The first kappa shape index (κ1) is 17.6. The molecule has 7 heteroatoms. The van der Waals surface area contributed by atoms with Gasteiger partial charge < -0.3 is 5.32 Å². The van der Waals surface area contributed by atoms with E-state index < -0.39 is 0 Å². The number of nitrogens with zero attached hydrogens (tertiary/aromatic N) is 2. The fourth-order valence-corrected chi connectivity index (χ4v) is 3.16. The first-order chi connectivity index (χ1) is 10.9. The van der Waals surface area contributed by atoms with Crippen molar-refractivity contribution in [3.8, 4) is 0 Å². The Hall–Kier alpha value is -1.73. The zero-order chi connectivity index (χ0) is 16.9. The van der Waals surface area contributed by atoms with Crippen LogP contribution in [0, 0.1) is 0 Å². The van der Waals surface area contributed by atoms with Crippen LogP contribution in [0.25, 0.3) is 0 Å². The second-order valence-electron chi connectivity index (χ2n) is 6.00. The number of hydrogen-bond acceptors (Lipinski definition) is 6. The van der Waals surface area contributed by atoms with E-state index in [-0.39, 0.29) is 28.6 Å². The van der Waals surface area contributed by atoms with Crippen LogP contribution >= 0.6 is 23.3 Å². The van der Waals surface area contributed by atoms with Gasteiger partial charge in [0.25, 0.3) is 0 Å². The molecule has 1 aromatic carbocycles. The second kappa shape index (κ2) is 7.70. The molecule has 2 rings (SSSR count). The summed E-state index contributed by atoms with van der Waals surface area (Å²) in [5, 5.41) is 3.22. The summed E-state index contributed by atoms with van der Waals surface area (Å²) in [5.41, 5.74) is 0.524. The maximum atomic E-state index is 11.9. The minimum Gasteiger partial charge on any atom is -0.300 e. The van der Waals surface area contributed by atoms with Crippen LogP contribution in [-0.4, -0.2) is 32.6 Å². The van der Waals surface area contributed by atoms with Gasteiger partial charge in [0.15, 0.2) is 5.78 Å². The number of thioether (sulfide) groups is 1. The number of amides is 1. The molecule has 122 valence electrons. The summed E-state index contributed by atoms with van der Waals surface area (Å²) in [4.78, 5) is 28.1. The van der Waals surface area contributed by atoms with Crippen LogP contribution in [0.3, 0.4) is 0 Å². The number of aromatic nitrogens is 2. The highest BCUT2D eigenvalue weighted by atomic mass is 32.2. The average molecular weight is 349 g/mol. The number of rotatable bonds is 6. The molecule has 0 saturated carbocycles. The van der Waals surface area contributed by atoms with Gasteiger partial charge in [-0.1, -0.05) is 51.1 Å². The van der Waals surface area contributed by atoms with Gasteiger partial charge in [0.05, 0.1) is 11.5 Å². The molecular weight excluding hydrogens is 330 g/mol. The Morgan fingerprint density at radius 3 is 2.48 bits per heavy atom. The molecule has 1 amide bonds. The fraction of sp³-hybridized carbons (Fsp3) is 0.375. The molecule has 0 unspecified atom stereocenters. The molecule has 2 aromatic rings. The van der Waals surface area contributed by atoms with Crippen molar-refractivity contribution in [2.45, 2.75) is 26.2 Å². The highest BCUT2D eigenvalue weighted by molar-refractivity contribution is 8.00. The maximum Gasteiger partial charge on any atom is 0.236 e. The smallest absolute Gasteiger partial charge is 0.236 e. The molecule has 1 N–H and O–H groups in total. The van der Waals surface area contributed by atoms with E-state index >= 15 is 0 Å². The SMILES string of the molecule is CC(C)(C)c1nsc(NC(=O)CSCC(=O)c2ccccc2)n1. The maximum absolute atomic E-state index is 11.9. The van der Waals surface area contributed by atoms with E-state index in [4.69, 9.17) is 0 Å². The number of Topliss-reactive ketones (excluding diaryl/α,β-unsaturated/α-hetero) is 1. The summed E-state index contributed by atoms with van der Waals surface area (Å²) in [6.45, 7) is 6.06. The fourth-order valence-electron chi connectivity index (χ4n) is 1.68. The van der Waals surface area contributed by atoms with Crippen LogP contribution in [0.4, 0.5) is 5.13 Å². The molecule has 0 bridgehead atoms.